The van der Waals surface area contributed by atoms with Crippen LogP contribution in [-0.2, 0) is 4.74 Å². The minimum absolute atomic E-state index is 0.198. The highest BCUT2D eigenvalue weighted by molar-refractivity contribution is 5.68. The predicted molar refractivity (Wildman–Crippen MR) is 92.1 cm³/mol. The number of rotatable bonds is 4. The summed E-state index contributed by atoms with van der Waals surface area (Å²) in [6, 6.07) is 0.918. The minimum Gasteiger partial charge on any atom is -0.444 e. The molecular formula is C18H36N2O2. The molecule has 1 aliphatic rings. The molecule has 1 saturated carbocycles. The van der Waals surface area contributed by atoms with E-state index in [0.717, 1.165) is 32.2 Å². The molecule has 0 saturated heterocycles. The molecule has 0 atom stereocenters. The highest BCUT2D eigenvalue weighted by Gasteiger charge is 2.29. The zero-order chi connectivity index (χ0) is 17.0. The van der Waals surface area contributed by atoms with Gasteiger partial charge in [0, 0.05) is 19.1 Å². The highest BCUT2D eigenvalue weighted by Crippen LogP contribution is 2.24. The quantitative estimate of drug-likeness (QED) is 0.846. The van der Waals surface area contributed by atoms with E-state index in [1.165, 1.54) is 6.42 Å². The third-order valence-corrected chi connectivity index (χ3v) is 4.23. The second-order valence-electron chi connectivity index (χ2n) is 8.86. The fourth-order valence-electron chi connectivity index (χ4n) is 2.80. The van der Waals surface area contributed by atoms with Gasteiger partial charge in [-0.3, -0.25) is 0 Å². The number of carbonyl (C=O) groups excluding carboxylic acids is 1. The number of hydrogen-bond donors (Lipinski definition) is 1. The summed E-state index contributed by atoms with van der Waals surface area (Å²) in [5, 5.41) is 3.67. The summed E-state index contributed by atoms with van der Waals surface area (Å²) in [5.41, 5.74) is -0.0296. The molecule has 1 fully saturated rings. The highest BCUT2D eigenvalue weighted by atomic mass is 16.6. The van der Waals surface area contributed by atoms with Crippen LogP contribution >= 0.6 is 0 Å². The Morgan fingerprint density at radius 1 is 1.09 bits per heavy atom. The molecule has 0 aromatic heterocycles. The molecule has 0 aliphatic heterocycles. The molecule has 1 N–H and O–H groups in total. The lowest BCUT2D eigenvalue weighted by atomic mass is 9.89. The van der Waals surface area contributed by atoms with Gasteiger partial charge in [0.15, 0.2) is 0 Å². The fraction of sp³-hybridized carbons (Fsp3) is 0.944. The molecule has 4 nitrogen and oxygen atoms in total. The maximum Gasteiger partial charge on any atom is 0.410 e. The molecule has 1 aliphatic carbocycles. The van der Waals surface area contributed by atoms with Crippen molar-refractivity contribution in [2.45, 2.75) is 91.3 Å². The molecular weight excluding hydrogens is 276 g/mol. The maximum absolute atomic E-state index is 12.1. The molecule has 0 heterocycles. The van der Waals surface area contributed by atoms with Gasteiger partial charge in [0.25, 0.3) is 0 Å². The van der Waals surface area contributed by atoms with Crippen molar-refractivity contribution >= 4 is 6.09 Å². The van der Waals surface area contributed by atoms with Crippen LogP contribution in [-0.4, -0.2) is 42.3 Å². The van der Waals surface area contributed by atoms with Crippen molar-refractivity contribution in [3.8, 4) is 0 Å². The molecule has 130 valence electrons. The lowest BCUT2D eigenvalue weighted by Crippen LogP contribution is -2.45. The van der Waals surface area contributed by atoms with Gasteiger partial charge in [-0.25, -0.2) is 4.79 Å². The second-order valence-corrected chi connectivity index (χ2v) is 8.86. The first-order valence-corrected chi connectivity index (χ1v) is 8.67. The standard InChI is InChI=1S/C18H36N2O2/c1-17(2,3)12-13-19-14-8-10-15(11-9-14)20(7)16(21)22-18(4,5)6/h14-15,19H,8-13H2,1-7H3. The number of carbonyl (C=O) groups is 1. The summed E-state index contributed by atoms with van der Waals surface area (Å²) in [5.74, 6) is 0. The fourth-order valence-corrected chi connectivity index (χ4v) is 2.80. The van der Waals surface area contributed by atoms with Crippen LogP contribution in [0.2, 0.25) is 0 Å². The average molecular weight is 312 g/mol. The van der Waals surface area contributed by atoms with Crippen molar-refractivity contribution in [3.63, 3.8) is 0 Å². The summed E-state index contributed by atoms with van der Waals surface area (Å²) in [6.07, 6.45) is 5.40. The van der Waals surface area contributed by atoms with Crippen LogP contribution in [0.1, 0.15) is 73.6 Å². The van der Waals surface area contributed by atoms with Crippen molar-refractivity contribution in [2.24, 2.45) is 5.41 Å². The third kappa shape index (κ3) is 7.48. The molecule has 22 heavy (non-hydrogen) atoms. The van der Waals surface area contributed by atoms with E-state index in [0.29, 0.717) is 17.5 Å². The van der Waals surface area contributed by atoms with Gasteiger partial charge in [0.2, 0.25) is 0 Å². The zero-order valence-electron chi connectivity index (χ0n) is 15.7. The lowest BCUT2D eigenvalue weighted by molar-refractivity contribution is 0.0179. The van der Waals surface area contributed by atoms with Gasteiger partial charge < -0.3 is 15.0 Å². The molecule has 1 rings (SSSR count). The van der Waals surface area contributed by atoms with Gasteiger partial charge in [-0.1, -0.05) is 20.8 Å². The second kappa shape index (κ2) is 7.67. The van der Waals surface area contributed by atoms with E-state index in [2.05, 4.69) is 26.1 Å². The van der Waals surface area contributed by atoms with Gasteiger partial charge >= 0.3 is 6.09 Å². The van der Waals surface area contributed by atoms with Gasteiger partial charge in [0.1, 0.15) is 5.60 Å². The summed E-state index contributed by atoms with van der Waals surface area (Å²) < 4.78 is 5.45. The van der Waals surface area contributed by atoms with E-state index >= 15 is 0 Å². The van der Waals surface area contributed by atoms with Crippen LogP contribution in [0.5, 0.6) is 0 Å². The smallest absolute Gasteiger partial charge is 0.410 e. The first kappa shape index (κ1) is 19.3. The Labute approximate surface area is 137 Å². The van der Waals surface area contributed by atoms with Crippen molar-refractivity contribution in [1.29, 1.82) is 0 Å². The van der Waals surface area contributed by atoms with E-state index in [1.54, 1.807) is 4.90 Å². The van der Waals surface area contributed by atoms with Gasteiger partial charge in [0.05, 0.1) is 0 Å². The van der Waals surface area contributed by atoms with Crippen molar-refractivity contribution < 1.29 is 9.53 Å². The first-order valence-electron chi connectivity index (χ1n) is 8.67. The Bertz CT molecular complexity index is 347. The monoisotopic (exact) mass is 312 g/mol. The van der Waals surface area contributed by atoms with E-state index in [4.69, 9.17) is 4.74 Å². The van der Waals surface area contributed by atoms with Crippen molar-refractivity contribution in [2.75, 3.05) is 13.6 Å². The van der Waals surface area contributed by atoms with E-state index in [-0.39, 0.29) is 6.09 Å². The number of nitrogens with zero attached hydrogens (tertiary/aromatic N) is 1. The van der Waals surface area contributed by atoms with Crippen LogP contribution in [0.15, 0.2) is 0 Å². The zero-order valence-corrected chi connectivity index (χ0v) is 15.7. The Morgan fingerprint density at radius 2 is 1.64 bits per heavy atom. The third-order valence-electron chi connectivity index (χ3n) is 4.23. The molecule has 0 aromatic carbocycles. The van der Waals surface area contributed by atoms with Crippen LogP contribution < -0.4 is 5.32 Å². The topological polar surface area (TPSA) is 41.6 Å². The molecule has 1 amide bonds. The Kier molecular flexibility index (Phi) is 6.72. The predicted octanol–water partition coefficient (Wildman–Crippen LogP) is 4.19. The molecule has 0 spiro atoms. The van der Waals surface area contributed by atoms with Gasteiger partial charge in [-0.15, -0.1) is 0 Å². The summed E-state index contributed by atoms with van der Waals surface area (Å²) in [7, 11) is 1.87. The van der Waals surface area contributed by atoms with Crippen molar-refractivity contribution in [3.05, 3.63) is 0 Å². The number of hydrogen-bond acceptors (Lipinski definition) is 3. The number of amides is 1. The molecule has 0 aromatic rings. The Morgan fingerprint density at radius 3 is 2.09 bits per heavy atom. The van der Waals surface area contributed by atoms with E-state index < -0.39 is 5.60 Å². The summed E-state index contributed by atoms with van der Waals surface area (Å²) in [4.78, 5) is 13.9. The minimum atomic E-state index is -0.420. The lowest BCUT2D eigenvalue weighted by Gasteiger charge is -2.36. The normalized spacial score (nSPS) is 23.2. The number of ether oxygens (including phenoxy) is 1. The van der Waals surface area contributed by atoms with Crippen LogP contribution in [0.3, 0.4) is 0 Å². The SMILES string of the molecule is CN(C(=O)OC(C)(C)C)C1CCC(NCCC(C)(C)C)CC1. The summed E-state index contributed by atoms with van der Waals surface area (Å²) >= 11 is 0. The van der Waals surface area contributed by atoms with Crippen molar-refractivity contribution in [1.82, 2.24) is 10.2 Å². The largest absolute Gasteiger partial charge is 0.444 e. The van der Waals surface area contributed by atoms with Gasteiger partial charge in [-0.05, 0) is 64.8 Å². The van der Waals surface area contributed by atoms with E-state index in [1.807, 2.05) is 27.8 Å². The molecule has 0 unspecified atom stereocenters. The molecule has 0 radical (unpaired) electrons. The van der Waals surface area contributed by atoms with E-state index in [9.17, 15) is 4.79 Å². The summed E-state index contributed by atoms with van der Waals surface area (Å²) in [6.45, 7) is 13.7. The Hall–Kier alpha value is -0.770. The molecule has 4 heteroatoms. The van der Waals surface area contributed by atoms with Crippen LogP contribution in [0.25, 0.3) is 0 Å². The van der Waals surface area contributed by atoms with Crippen LogP contribution in [0.4, 0.5) is 4.79 Å². The van der Waals surface area contributed by atoms with Gasteiger partial charge in [-0.2, -0.15) is 0 Å². The molecule has 0 bridgehead atoms. The van der Waals surface area contributed by atoms with Crippen LogP contribution in [0, 0.1) is 5.41 Å². The average Bonchev–Trinajstić information content (AvgIpc) is 2.35. The first-order chi connectivity index (χ1) is 9.98. The maximum atomic E-state index is 12.1. The Balaban J connectivity index is 2.31. The number of nitrogens with one attached hydrogen (secondary N) is 1.